The molecule has 0 spiro atoms. The Morgan fingerprint density at radius 3 is 2.36 bits per heavy atom. The maximum absolute atomic E-state index is 15.0. The van der Waals surface area contributed by atoms with E-state index >= 15 is 0 Å². The van der Waals surface area contributed by atoms with Gasteiger partial charge in [-0.25, -0.2) is 4.39 Å². The number of para-hydroxylation sites is 3. The van der Waals surface area contributed by atoms with Gasteiger partial charge < -0.3 is 19.9 Å². The van der Waals surface area contributed by atoms with Gasteiger partial charge in [0.1, 0.15) is 11.6 Å². The summed E-state index contributed by atoms with van der Waals surface area (Å²) in [6.07, 6.45) is 1.74. The van der Waals surface area contributed by atoms with E-state index in [1.54, 1.807) is 36.5 Å². The summed E-state index contributed by atoms with van der Waals surface area (Å²) in [5.74, 6) is -0.152. The van der Waals surface area contributed by atoms with Crippen LogP contribution in [0.4, 0.5) is 10.1 Å². The average molecular weight is 459 g/mol. The number of phenols is 1. The number of benzene rings is 2. The van der Waals surface area contributed by atoms with Gasteiger partial charge in [-0.15, -0.1) is 0 Å². The number of halogens is 1. The molecule has 0 aliphatic carbocycles. The third-order valence-electron chi connectivity index (χ3n) is 6.12. The van der Waals surface area contributed by atoms with E-state index in [4.69, 9.17) is 12.2 Å². The summed E-state index contributed by atoms with van der Waals surface area (Å²) in [5.41, 5.74) is 4.78. The first-order valence-corrected chi connectivity index (χ1v) is 11.1. The van der Waals surface area contributed by atoms with Gasteiger partial charge in [-0.05, 0) is 74.1 Å². The highest BCUT2D eigenvalue weighted by Gasteiger charge is 2.43. The minimum atomic E-state index is -0.345. The predicted octanol–water partition coefficient (Wildman–Crippen LogP) is 5.51. The quantitative estimate of drug-likeness (QED) is 0.395. The number of rotatable bonds is 4. The first kappa shape index (κ1) is 21.2. The van der Waals surface area contributed by atoms with E-state index in [1.165, 1.54) is 6.07 Å². The molecular formula is C26H23FN4OS. The van der Waals surface area contributed by atoms with Crippen molar-refractivity contribution in [2.75, 3.05) is 4.90 Å². The van der Waals surface area contributed by atoms with Crippen molar-refractivity contribution in [1.82, 2.24) is 14.9 Å². The minimum absolute atomic E-state index is 0.193. The van der Waals surface area contributed by atoms with Gasteiger partial charge in [-0.1, -0.05) is 30.3 Å². The fourth-order valence-corrected chi connectivity index (χ4v) is 5.03. The van der Waals surface area contributed by atoms with Crippen LogP contribution in [0, 0.1) is 19.7 Å². The smallest absolute Gasteiger partial charge is 0.174 e. The largest absolute Gasteiger partial charge is 0.506 e. The van der Waals surface area contributed by atoms with E-state index < -0.39 is 0 Å². The summed E-state index contributed by atoms with van der Waals surface area (Å²) < 4.78 is 17.0. The van der Waals surface area contributed by atoms with Crippen molar-refractivity contribution in [3.63, 3.8) is 0 Å². The number of nitrogens with one attached hydrogen (secondary N) is 1. The van der Waals surface area contributed by atoms with Gasteiger partial charge in [0, 0.05) is 17.6 Å². The lowest BCUT2D eigenvalue weighted by molar-refractivity contribution is 0.471. The second-order valence-corrected chi connectivity index (χ2v) is 8.49. The summed E-state index contributed by atoms with van der Waals surface area (Å²) in [5, 5.41) is 14.3. The number of hydrogen-bond donors (Lipinski definition) is 2. The van der Waals surface area contributed by atoms with Crippen molar-refractivity contribution in [2.24, 2.45) is 0 Å². The maximum Gasteiger partial charge on any atom is 0.174 e. The molecule has 0 amide bonds. The van der Waals surface area contributed by atoms with Gasteiger partial charge in [-0.2, -0.15) is 0 Å². The predicted molar refractivity (Wildman–Crippen MR) is 131 cm³/mol. The first-order valence-electron chi connectivity index (χ1n) is 10.7. The third kappa shape index (κ3) is 3.54. The molecule has 1 fully saturated rings. The minimum Gasteiger partial charge on any atom is -0.506 e. The summed E-state index contributed by atoms with van der Waals surface area (Å²) in [6, 6.07) is 21.1. The Bertz CT molecular complexity index is 1340. The molecule has 2 aromatic heterocycles. The lowest BCUT2D eigenvalue weighted by Crippen LogP contribution is -2.30. The lowest BCUT2D eigenvalue weighted by Gasteiger charge is -2.28. The Morgan fingerprint density at radius 1 is 0.970 bits per heavy atom. The number of thiocarbonyl (C=S) groups is 1. The number of pyridine rings is 1. The van der Waals surface area contributed by atoms with Crippen LogP contribution in [0.2, 0.25) is 0 Å². The molecule has 5 rings (SSSR count). The van der Waals surface area contributed by atoms with Crippen molar-refractivity contribution < 1.29 is 9.50 Å². The SMILES string of the molecule is Cc1cc([C@@H]2[C@@H](c3ccccn3)NC(=S)N2c2ccccc2F)c(C)n1-c1ccccc1O. The summed E-state index contributed by atoms with van der Waals surface area (Å²) in [6.45, 7) is 4.00. The Kier molecular flexibility index (Phi) is 5.34. The van der Waals surface area contributed by atoms with Crippen molar-refractivity contribution >= 4 is 23.0 Å². The molecule has 0 saturated carbocycles. The van der Waals surface area contributed by atoms with Crippen LogP contribution in [0.25, 0.3) is 5.69 Å². The fraction of sp³-hybridized carbons (Fsp3) is 0.154. The van der Waals surface area contributed by atoms with Crippen LogP contribution in [0.15, 0.2) is 79.0 Å². The van der Waals surface area contributed by atoms with Gasteiger partial charge in [0.15, 0.2) is 5.11 Å². The zero-order chi connectivity index (χ0) is 23.1. The zero-order valence-electron chi connectivity index (χ0n) is 18.2. The van der Waals surface area contributed by atoms with Crippen molar-refractivity contribution in [1.29, 1.82) is 0 Å². The normalized spacial score (nSPS) is 17.9. The molecule has 2 aromatic carbocycles. The van der Waals surface area contributed by atoms with E-state index in [9.17, 15) is 9.50 Å². The van der Waals surface area contributed by atoms with Crippen molar-refractivity contribution in [2.45, 2.75) is 25.9 Å². The fourth-order valence-electron chi connectivity index (χ4n) is 4.69. The first-order chi connectivity index (χ1) is 16.0. The number of aromatic hydroxyl groups is 1. The molecule has 0 radical (unpaired) electrons. The average Bonchev–Trinajstić information content (AvgIpc) is 3.30. The molecule has 166 valence electrons. The summed E-state index contributed by atoms with van der Waals surface area (Å²) >= 11 is 5.71. The number of aromatic nitrogens is 2. The Hall–Kier alpha value is -3.71. The molecule has 2 atom stereocenters. The second kappa shape index (κ2) is 8.33. The van der Waals surface area contributed by atoms with Gasteiger partial charge in [0.2, 0.25) is 0 Å². The Morgan fingerprint density at radius 2 is 1.67 bits per heavy atom. The molecule has 0 unspecified atom stereocenters. The van der Waals surface area contributed by atoms with Crippen molar-refractivity contribution in [3.8, 4) is 11.4 Å². The molecular weight excluding hydrogens is 435 g/mol. The molecule has 1 saturated heterocycles. The van der Waals surface area contributed by atoms with E-state index in [0.29, 0.717) is 16.5 Å². The maximum atomic E-state index is 15.0. The van der Waals surface area contributed by atoms with E-state index in [2.05, 4.69) is 16.4 Å². The molecule has 33 heavy (non-hydrogen) atoms. The lowest BCUT2D eigenvalue weighted by atomic mass is 9.96. The molecule has 1 aliphatic heterocycles. The number of phenolic OH excluding ortho intramolecular Hbond substituents is 1. The Balaban J connectivity index is 1.71. The van der Waals surface area contributed by atoms with Gasteiger partial charge in [0.25, 0.3) is 0 Å². The van der Waals surface area contributed by atoms with Crippen molar-refractivity contribution in [3.05, 3.63) is 107 Å². The zero-order valence-corrected chi connectivity index (χ0v) is 19.1. The topological polar surface area (TPSA) is 53.3 Å². The van der Waals surface area contributed by atoms with E-state index in [0.717, 1.165) is 22.6 Å². The molecule has 2 N–H and O–H groups in total. The highest BCUT2D eigenvalue weighted by atomic mass is 32.1. The number of anilines is 1. The highest BCUT2D eigenvalue weighted by Crippen LogP contribution is 2.44. The van der Waals surface area contributed by atoms with Crippen LogP contribution in [-0.4, -0.2) is 19.8 Å². The van der Waals surface area contributed by atoms with Crippen LogP contribution < -0.4 is 10.2 Å². The van der Waals surface area contributed by atoms with Gasteiger partial charge >= 0.3 is 0 Å². The number of nitrogens with zero attached hydrogens (tertiary/aromatic N) is 3. The molecule has 7 heteroatoms. The van der Waals surface area contributed by atoms with Crippen LogP contribution in [0.5, 0.6) is 5.75 Å². The Labute approximate surface area is 197 Å². The van der Waals surface area contributed by atoms with Crippen LogP contribution in [-0.2, 0) is 0 Å². The van der Waals surface area contributed by atoms with Gasteiger partial charge in [0.05, 0.1) is 29.2 Å². The monoisotopic (exact) mass is 458 g/mol. The molecule has 3 heterocycles. The third-order valence-corrected chi connectivity index (χ3v) is 6.44. The van der Waals surface area contributed by atoms with Crippen LogP contribution in [0.1, 0.15) is 34.7 Å². The number of hydrogen-bond acceptors (Lipinski definition) is 3. The highest BCUT2D eigenvalue weighted by molar-refractivity contribution is 7.80. The molecule has 5 nitrogen and oxygen atoms in total. The second-order valence-electron chi connectivity index (χ2n) is 8.10. The van der Waals surface area contributed by atoms with Crippen LogP contribution >= 0.6 is 12.2 Å². The van der Waals surface area contributed by atoms with Gasteiger partial charge in [-0.3, -0.25) is 4.98 Å². The van der Waals surface area contributed by atoms with E-state index in [1.807, 2.05) is 53.6 Å². The molecule has 1 aliphatic rings. The molecule has 4 aromatic rings. The molecule has 0 bridgehead atoms. The number of aryl methyl sites for hydroxylation is 1. The summed E-state index contributed by atoms with van der Waals surface area (Å²) in [4.78, 5) is 6.40. The van der Waals surface area contributed by atoms with Crippen LogP contribution in [0.3, 0.4) is 0 Å². The van der Waals surface area contributed by atoms with E-state index in [-0.39, 0.29) is 23.7 Å². The standard InChI is InChI=1S/C26H23FN4OS/c1-16-15-18(17(2)30(16)22-12-5-6-13-23(22)32)25-24(20-10-7-8-14-28-20)29-26(33)31(25)21-11-4-3-9-19(21)27/h3-15,24-25,32H,1-2H3,(H,29,33)/t24-,25-/m1/s1. The summed E-state index contributed by atoms with van der Waals surface area (Å²) in [7, 11) is 0.